The van der Waals surface area contributed by atoms with Crippen LogP contribution < -0.4 is 21.5 Å². The van der Waals surface area contributed by atoms with Crippen LogP contribution in [0.25, 0.3) is 0 Å². The molecule has 0 radical (unpaired) electrons. The molecule has 2 saturated carbocycles. The Balaban J connectivity index is 1.74. The molecule has 4 rings (SSSR count). The normalized spacial score (nSPS) is 17.5. The molecule has 194 valence electrons. The number of nitrogen functional groups attached to an aromatic ring is 1. The van der Waals surface area contributed by atoms with Gasteiger partial charge in [0.25, 0.3) is 11.8 Å². The molecule has 1 heterocycles. The van der Waals surface area contributed by atoms with Crippen LogP contribution in [0.3, 0.4) is 0 Å². The summed E-state index contributed by atoms with van der Waals surface area (Å²) in [6.45, 7) is 2.44. The number of ether oxygens (including phenoxy) is 1. The van der Waals surface area contributed by atoms with Crippen molar-refractivity contribution in [3.8, 4) is 5.75 Å². The number of rotatable bonds is 9. The van der Waals surface area contributed by atoms with Crippen molar-refractivity contribution in [3.05, 3.63) is 40.4 Å². The fourth-order valence-electron chi connectivity index (χ4n) is 5.30. The van der Waals surface area contributed by atoms with E-state index >= 15 is 0 Å². The third kappa shape index (κ3) is 5.64. The minimum Gasteiger partial charge on any atom is -0.494 e. The van der Waals surface area contributed by atoms with Crippen molar-refractivity contribution in [2.45, 2.75) is 82.8 Å². The molecular formula is C26H35N5O4S. The second-order valence-electron chi connectivity index (χ2n) is 9.54. The predicted octanol–water partition coefficient (Wildman–Crippen LogP) is 3.80. The SMILES string of the molecule is CCOc1ccc([C@@H](C(=O)NC2CCCCC2)N(C(=O)c2snc(C(N)=O)c2N)C2CCCC2)cc1. The molecule has 2 aliphatic carbocycles. The van der Waals surface area contributed by atoms with Crippen molar-refractivity contribution in [1.29, 1.82) is 0 Å². The molecule has 0 bridgehead atoms. The fraction of sp³-hybridized carbons (Fsp3) is 0.538. The molecule has 36 heavy (non-hydrogen) atoms. The molecule has 2 aliphatic rings. The molecule has 2 fully saturated rings. The van der Waals surface area contributed by atoms with E-state index < -0.39 is 17.9 Å². The summed E-state index contributed by atoms with van der Waals surface area (Å²) in [7, 11) is 0. The summed E-state index contributed by atoms with van der Waals surface area (Å²) < 4.78 is 9.62. The second-order valence-corrected chi connectivity index (χ2v) is 10.3. The Kier molecular flexibility index (Phi) is 8.45. The molecule has 1 aromatic heterocycles. The number of hydrogen-bond donors (Lipinski definition) is 3. The van der Waals surface area contributed by atoms with Gasteiger partial charge in [-0.1, -0.05) is 44.2 Å². The van der Waals surface area contributed by atoms with Gasteiger partial charge < -0.3 is 26.4 Å². The third-order valence-corrected chi connectivity index (χ3v) is 7.94. The van der Waals surface area contributed by atoms with E-state index in [9.17, 15) is 14.4 Å². The third-order valence-electron chi connectivity index (χ3n) is 7.09. The van der Waals surface area contributed by atoms with Crippen molar-refractivity contribution < 1.29 is 19.1 Å². The highest BCUT2D eigenvalue weighted by molar-refractivity contribution is 7.09. The molecule has 0 spiro atoms. The molecular weight excluding hydrogens is 478 g/mol. The van der Waals surface area contributed by atoms with Crippen molar-refractivity contribution >= 4 is 34.9 Å². The number of benzene rings is 1. The largest absolute Gasteiger partial charge is 0.494 e. The smallest absolute Gasteiger partial charge is 0.270 e. The van der Waals surface area contributed by atoms with Crippen LogP contribution in [-0.2, 0) is 4.79 Å². The van der Waals surface area contributed by atoms with Gasteiger partial charge in [0.05, 0.1) is 12.3 Å². The second kappa shape index (κ2) is 11.7. The van der Waals surface area contributed by atoms with E-state index in [4.69, 9.17) is 16.2 Å². The Bertz CT molecular complexity index is 1070. The number of anilines is 1. The monoisotopic (exact) mass is 513 g/mol. The Morgan fingerprint density at radius 2 is 1.72 bits per heavy atom. The van der Waals surface area contributed by atoms with Crippen LogP contribution in [0.15, 0.2) is 24.3 Å². The van der Waals surface area contributed by atoms with E-state index in [0.29, 0.717) is 17.9 Å². The Morgan fingerprint density at radius 1 is 1.08 bits per heavy atom. The number of carbonyl (C=O) groups is 3. The van der Waals surface area contributed by atoms with E-state index in [1.807, 2.05) is 31.2 Å². The van der Waals surface area contributed by atoms with Gasteiger partial charge in [0.1, 0.15) is 16.7 Å². The van der Waals surface area contributed by atoms with Crippen molar-refractivity contribution in [2.24, 2.45) is 5.73 Å². The van der Waals surface area contributed by atoms with Crippen LogP contribution >= 0.6 is 11.5 Å². The molecule has 5 N–H and O–H groups in total. The highest BCUT2D eigenvalue weighted by atomic mass is 32.1. The fourth-order valence-corrected chi connectivity index (χ4v) is 6.05. The Morgan fingerprint density at radius 3 is 2.31 bits per heavy atom. The van der Waals surface area contributed by atoms with Gasteiger partial charge in [-0.15, -0.1) is 0 Å². The van der Waals surface area contributed by atoms with E-state index in [-0.39, 0.29) is 34.2 Å². The minimum atomic E-state index is -0.850. The number of nitrogens with one attached hydrogen (secondary N) is 1. The summed E-state index contributed by atoms with van der Waals surface area (Å²) in [5.74, 6) is -0.691. The maximum absolute atomic E-state index is 14.0. The molecule has 10 heteroatoms. The minimum absolute atomic E-state index is 0.0290. The lowest BCUT2D eigenvalue weighted by Crippen LogP contribution is -2.50. The lowest BCUT2D eigenvalue weighted by atomic mass is 9.94. The summed E-state index contributed by atoms with van der Waals surface area (Å²) >= 11 is 0.850. The van der Waals surface area contributed by atoms with Gasteiger partial charge in [-0.3, -0.25) is 14.4 Å². The summed E-state index contributed by atoms with van der Waals surface area (Å²) in [6.07, 6.45) is 8.72. The number of primary amides is 1. The van der Waals surface area contributed by atoms with E-state index in [0.717, 1.165) is 62.9 Å². The van der Waals surface area contributed by atoms with Crippen LogP contribution in [0.2, 0.25) is 0 Å². The quantitative estimate of drug-likeness (QED) is 0.466. The van der Waals surface area contributed by atoms with Crippen molar-refractivity contribution in [2.75, 3.05) is 12.3 Å². The molecule has 0 aliphatic heterocycles. The lowest BCUT2D eigenvalue weighted by molar-refractivity contribution is -0.127. The van der Waals surface area contributed by atoms with Gasteiger partial charge >= 0.3 is 0 Å². The number of nitrogens with zero attached hydrogens (tertiary/aromatic N) is 2. The zero-order valence-electron chi connectivity index (χ0n) is 20.7. The highest BCUT2D eigenvalue weighted by Crippen LogP contribution is 2.36. The van der Waals surface area contributed by atoms with Gasteiger partial charge in [-0.2, -0.15) is 4.37 Å². The predicted molar refractivity (Wildman–Crippen MR) is 139 cm³/mol. The summed E-state index contributed by atoms with van der Waals surface area (Å²) in [5.41, 5.74) is 12.1. The Hall–Kier alpha value is -3.14. The molecule has 1 aromatic carbocycles. The van der Waals surface area contributed by atoms with Gasteiger partial charge in [0.2, 0.25) is 5.91 Å². The molecule has 3 amide bonds. The standard InChI is InChI=1S/C26H35N5O4S/c1-2-35-19-14-12-16(13-15-19)22(25(33)29-17-8-4-3-5-9-17)31(18-10-6-7-11-18)26(34)23-20(27)21(24(28)32)30-36-23/h12-15,17-18,22H,2-11,27H2,1H3,(H2,28,32)(H,29,33)/t22-/m0/s1. The average molecular weight is 514 g/mol. The van der Waals surface area contributed by atoms with Crippen molar-refractivity contribution in [3.63, 3.8) is 0 Å². The van der Waals surface area contributed by atoms with Crippen LogP contribution in [0.5, 0.6) is 5.75 Å². The van der Waals surface area contributed by atoms with Crippen LogP contribution in [-0.4, -0.2) is 45.7 Å². The van der Waals surface area contributed by atoms with Gasteiger partial charge in [-0.25, -0.2) is 0 Å². The molecule has 2 aromatic rings. The number of hydrogen-bond acceptors (Lipinski definition) is 7. The first kappa shape index (κ1) is 25.9. The van der Waals surface area contributed by atoms with E-state index in [2.05, 4.69) is 9.69 Å². The number of carbonyl (C=O) groups excluding carboxylic acids is 3. The summed E-state index contributed by atoms with van der Waals surface area (Å²) in [4.78, 5) is 41.5. The van der Waals surface area contributed by atoms with Crippen LogP contribution in [0, 0.1) is 0 Å². The topological polar surface area (TPSA) is 141 Å². The molecule has 9 nitrogen and oxygen atoms in total. The number of nitrogens with two attached hydrogens (primary N) is 2. The number of amides is 3. The maximum Gasteiger partial charge on any atom is 0.270 e. The Labute approximate surface area is 215 Å². The van der Waals surface area contributed by atoms with E-state index in [1.165, 1.54) is 6.42 Å². The van der Waals surface area contributed by atoms with Crippen LogP contribution in [0.4, 0.5) is 5.69 Å². The first-order valence-electron chi connectivity index (χ1n) is 12.8. The molecule has 0 saturated heterocycles. The van der Waals surface area contributed by atoms with Gasteiger partial charge in [0.15, 0.2) is 5.69 Å². The first-order chi connectivity index (χ1) is 17.4. The maximum atomic E-state index is 14.0. The van der Waals surface area contributed by atoms with Crippen molar-refractivity contribution in [1.82, 2.24) is 14.6 Å². The van der Waals surface area contributed by atoms with E-state index in [1.54, 1.807) is 4.90 Å². The zero-order chi connectivity index (χ0) is 25.7. The average Bonchev–Trinajstić information content (AvgIpc) is 3.53. The molecule has 0 unspecified atom stereocenters. The zero-order valence-corrected chi connectivity index (χ0v) is 21.5. The first-order valence-corrected chi connectivity index (χ1v) is 13.6. The summed E-state index contributed by atoms with van der Waals surface area (Å²) in [6, 6.07) is 6.44. The summed E-state index contributed by atoms with van der Waals surface area (Å²) in [5, 5.41) is 3.22. The van der Waals surface area contributed by atoms with Gasteiger partial charge in [0, 0.05) is 12.1 Å². The lowest BCUT2D eigenvalue weighted by Gasteiger charge is -2.37. The number of aromatic nitrogens is 1. The van der Waals surface area contributed by atoms with Crippen LogP contribution in [0.1, 0.15) is 96.5 Å². The van der Waals surface area contributed by atoms with Gasteiger partial charge in [-0.05, 0) is 61.8 Å². The molecule has 1 atom stereocenters. The highest BCUT2D eigenvalue weighted by Gasteiger charge is 2.40.